The average molecular weight is 349 g/mol. The number of aromatic nitrogens is 1. The number of hydrogen-bond donors (Lipinski definition) is 2. The summed E-state index contributed by atoms with van der Waals surface area (Å²) in [5.74, 6) is 0.527. The van der Waals surface area contributed by atoms with Crippen LogP contribution in [-0.2, 0) is 12.7 Å². The third kappa shape index (κ3) is 4.09. The fourth-order valence-electron chi connectivity index (χ4n) is 2.29. The molecule has 130 valence electrons. The summed E-state index contributed by atoms with van der Waals surface area (Å²) in [6.45, 7) is 1.83. The number of carbonyl (C=O) groups is 1. The van der Waals surface area contributed by atoms with E-state index in [0.717, 1.165) is 12.1 Å². The van der Waals surface area contributed by atoms with E-state index < -0.39 is 17.8 Å². The van der Waals surface area contributed by atoms with E-state index in [0.29, 0.717) is 28.2 Å². The Morgan fingerprint density at radius 2 is 1.88 bits per heavy atom. The number of aryl methyl sites for hydroxylation is 1. The van der Waals surface area contributed by atoms with Gasteiger partial charge in [0, 0.05) is 19.2 Å². The summed E-state index contributed by atoms with van der Waals surface area (Å²) in [6, 6.07) is 9.18. The molecule has 0 unspecified atom stereocenters. The molecule has 25 heavy (non-hydrogen) atoms. The average Bonchev–Trinajstić information content (AvgIpc) is 2.92. The minimum Gasteiger partial charge on any atom is -0.441 e. The zero-order valence-electron chi connectivity index (χ0n) is 13.1. The summed E-state index contributed by atoms with van der Waals surface area (Å²) in [5, 5.41) is 5.22. The van der Waals surface area contributed by atoms with Crippen LogP contribution in [0.3, 0.4) is 0 Å². The topological polar surface area (TPSA) is 67.2 Å². The fourth-order valence-corrected chi connectivity index (χ4v) is 2.29. The molecule has 0 bridgehead atoms. The number of hydrogen-bond acceptors (Lipinski definition) is 3. The lowest BCUT2D eigenvalue weighted by Gasteiger charge is -2.09. The Labute approximate surface area is 140 Å². The minimum atomic E-state index is -4.37. The number of fused-ring (bicyclic) bond motifs is 1. The molecule has 0 aliphatic rings. The van der Waals surface area contributed by atoms with Gasteiger partial charge < -0.3 is 15.1 Å². The Balaban J connectivity index is 1.58. The third-order valence-electron chi connectivity index (χ3n) is 3.49. The lowest BCUT2D eigenvalue weighted by Crippen LogP contribution is -2.28. The van der Waals surface area contributed by atoms with Gasteiger partial charge in [-0.1, -0.05) is 12.1 Å². The van der Waals surface area contributed by atoms with Crippen molar-refractivity contribution in [1.29, 1.82) is 0 Å². The third-order valence-corrected chi connectivity index (χ3v) is 3.49. The molecule has 2 amide bonds. The summed E-state index contributed by atoms with van der Waals surface area (Å²) in [4.78, 5) is 16.1. The number of amides is 2. The minimum absolute atomic E-state index is 0.106. The van der Waals surface area contributed by atoms with E-state index >= 15 is 0 Å². The van der Waals surface area contributed by atoms with Crippen molar-refractivity contribution in [2.45, 2.75) is 19.6 Å². The van der Waals surface area contributed by atoms with Gasteiger partial charge in [-0.3, -0.25) is 0 Å². The molecule has 8 heteroatoms. The van der Waals surface area contributed by atoms with E-state index in [2.05, 4.69) is 15.6 Å². The summed E-state index contributed by atoms with van der Waals surface area (Å²) >= 11 is 0. The number of urea groups is 1. The van der Waals surface area contributed by atoms with Crippen molar-refractivity contribution in [2.75, 3.05) is 5.32 Å². The first-order chi connectivity index (χ1) is 11.8. The molecule has 3 rings (SSSR count). The highest BCUT2D eigenvalue weighted by Crippen LogP contribution is 2.29. The molecular formula is C17H14F3N3O2. The Morgan fingerprint density at radius 1 is 1.16 bits per heavy atom. The molecule has 0 radical (unpaired) electrons. The van der Waals surface area contributed by atoms with Crippen molar-refractivity contribution < 1.29 is 22.4 Å². The summed E-state index contributed by atoms with van der Waals surface area (Å²) in [5.41, 5.74) is 1.61. The van der Waals surface area contributed by atoms with Crippen LogP contribution in [-0.4, -0.2) is 11.0 Å². The maximum Gasteiger partial charge on any atom is 0.416 e. The van der Waals surface area contributed by atoms with Crippen molar-refractivity contribution >= 4 is 22.8 Å². The first kappa shape index (κ1) is 16.8. The molecule has 3 aromatic rings. The van der Waals surface area contributed by atoms with Crippen LogP contribution in [0.4, 0.5) is 23.7 Å². The lowest BCUT2D eigenvalue weighted by molar-refractivity contribution is -0.137. The predicted octanol–water partition coefficient (Wildman–Crippen LogP) is 4.48. The number of benzene rings is 2. The molecule has 0 spiro atoms. The quantitative estimate of drug-likeness (QED) is 0.733. The lowest BCUT2D eigenvalue weighted by atomic mass is 10.1. The normalized spacial score (nSPS) is 11.5. The van der Waals surface area contributed by atoms with Crippen LogP contribution in [0.5, 0.6) is 0 Å². The zero-order chi connectivity index (χ0) is 18.0. The summed E-state index contributed by atoms with van der Waals surface area (Å²) < 4.78 is 42.8. The Kier molecular flexibility index (Phi) is 4.35. The van der Waals surface area contributed by atoms with Crippen LogP contribution >= 0.6 is 0 Å². The van der Waals surface area contributed by atoms with Crippen molar-refractivity contribution in [3.63, 3.8) is 0 Å². The van der Waals surface area contributed by atoms with Crippen molar-refractivity contribution in [3.05, 3.63) is 59.5 Å². The number of nitrogens with zero attached hydrogens (tertiary/aromatic N) is 1. The Bertz CT molecular complexity index is 902. The van der Waals surface area contributed by atoms with Gasteiger partial charge in [0.2, 0.25) is 0 Å². The zero-order valence-corrected chi connectivity index (χ0v) is 13.1. The molecule has 5 nitrogen and oxygen atoms in total. The highest BCUT2D eigenvalue weighted by atomic mass is 19.4. The van der Waals surface area contributed by atoms with E-state index in [1.165, 1.54) is 12.1 Å². The molecule has 2 N–H and O–H groups in total. The molecule has 1 heterocycles. The maximum absolute atomic E-state index is 12.5. The summed E-state index contributed by atoms with van der Waals surface area (Å²) in [7, 11) is 0. The number of carbonyl (C=O) groups excluding carboxylic acids is 1. The number of oxazole rings is 1. The fraction of sp³-hybridized carbons (Fsp3) is 0.176. The van der Waals surface area contributed by atoms with Crippen LogP contribution in [0.2, 0.25) is 0 Å². The van der Waals surface area contributed by atoms with Crippen molar-refractivity contribution in [2.24, 2.45) is 0 Å². The van der Waals surface area contributed by atoms with Gasteiger partial charge in [0.05, 0.1) is 5.56 Å². The number of halogens is 3. The second kappa shape index (κ2) is 6.46. The number of rotatable bonds is 3. The largest absolute Gasteiger partial charge is 0.441 e. The summed E-state index contributed by atoms with van der Waals surface area (Å²) in [6.07, 6.45) is -4.37. The Hall–Kier alpha value is -3.03. The van der Waals surface area contributed by atoms with Gasteiger partial charge in [-0.15, -0.1) is 0 Å². The second-order valence-electron chi connectivity index (χ2n) is 5.42. The standard InChI is InChI=1S/C17H14F3N3O2/c1-10-22-14-8-13(6-7-15(14)25-10)23-16(24)21-9-11-2-4-12(5-3-11)17(18,19)20/h2-8H,9H2,1H3,(H2,21,23,24). The predicted molar refractivity (Wildman–Crippen MR) is 86.0 cm³/mol. The van der Waals surface area contributed by atoms with Gasteiger partial charge in [-0.05, 0) is 35.9 Å². The van der Waals surface area contributed by atoms with E-state index in [-0.39, 0.29) is 6.54 Å². The number of anilines is 1. The number of alkyl halides is 3. The smallest absolute Gasteiger partial charge is 0.416 e. The van der Waals surface area contributed by atoms with E-state index in [1.54, 1.807) is 25.1 Å². The molecule has 0 fully saturated rings. The molecule has 1 aromatic heterocycles. The van der Waals surface area contributed by atoms with Crippen LogP contribution < -0.4 is 10.6 Å². The van der Waals surface area contributed by atoms with Gasteiger partial charge in [0.25, 0.3) is 0 Å². The van der Waals surface area contributed by atoms with Gasteiger partial charge in [-0.25, -0.2) is 9.78 Å². The van der Waals surface area contributed by atoms with E-state index in [9.17, 15) is 18.0 Å². The number of nitrogens with one attached hydrogen (secondary N) is 2. The second-order valence-corrected chi connectivity index (χ2v) is 5.42. The van der Waals surface area contributed by atoms with Gasteiger partial charge >= 0.3 is 12.2 Å². The molecule has 0 aliphatic carbocycles. The van der Waals surface area contributed by atoms with Crippen molar-refractivity contribution in [1.82, 2.24) is 10.3 Å². The molecule has 0 saturated carbocycles. The Morgan fingerprint density at radius 3 is 2.56 bits per heavy atom. The highest BCUT2D eigenvalue weighted by Gasteiger charge is 2.29. The van der Waals surface area contributed by atoms with Gasteiger partial charge in [0.1, 0.15) is 5.52 Å². The molecule has 0 aliphatic heterocycles. The first-order valence-electron chi connectivity index (χ1n) is 7.39. The highest BCUT2D eigenvalue weighted by molar-refractivity contribution is 5.91. The van der Waals surface area contributed by atoms with Crippen LogP contribution in [0, 0.1) is 6.92 Å². The SMILES string of the molecule is Cc1nc2cc(NC(=O)NCc3ccc(C(F)(F)F)cc3)ccc2o1. The monoisotopic (exact) mass is 349 g/mol. The molecule has 0 atom stereocenters. The van der Waals surface area contributed by atoms with Gasteiger partial charge in [0.15, 0.2) is 11.5 Å². The van der Waals surface area contributed by atoms with E-state index in [4.69, 9.17) is 4.42 Å². The van der Waals surface area contributed by atoms with E-state index in [1.807, 2.05) is 0 Å². The maximum atomic E-state index is 12.5. The molecule has 0 saturated heterocycles. The molecule has 2 aromatic carbocycles. The van der Waals surface area contributed by atoms with Crippen LogP contribution in [0.25, 0.3) is 11.1 Å². The van der Waals surface area contributed by atoms with Gasteiger partial charge in [-0.2, -0.15) is 13.2 Å². The molecular weight excluding hydrogens is 335 g/mol. The van der Waals surface area contributed by atoms with Crippen LogP contribution in [0.15, 0.2) is 46.9 Å². The van der Waals surface area contributed by atoms with Crippen LogP contribution in [0.1, 0.15) is 17.0 Å². The van der Waals surface area contributed by atoms with Crippen molar-refractivity contribution in [3.8, 4) is 0 Å². The first-order valence-corrected chi connectivity index (χ1v) is 7.39.